The van der Waals surface area contributed by atoms with Crippen LogP contribution in [-0.4, -0.2) is 28.9 Å². The fraction of sp³-hybridized carbons (Fsp3) is 0.368. The number of amides is 1. The lowest BCUT2D eigenvalue weighted by Gasteiger charge is -2.25. The number of pyridine rings is 1. The maximum absolute atomic E-state index is 13.1. The summed E-state index contributed by atoms with van der Waals surface area (Å²) in [6, 6.07) is 8.85. The number of hydrogen-bond acceptors (Lipinski definition) is 2. The number of benzene rings is 1. The van der Waals surface area contributed by atoms with Gasteiger partial charge >= 0.3 is 6.18 Å². The van der Waals surface area contributed by atoms with E-state index in [0.29, 0.717) is 6.42 Å². The molecule has 25 heavy (non-hydrogen) atoms. The van der Waals surface area contributed by atoms with Crippen molar-refractivity contribution in [1.29, 1.82) is 0 Å². The summed E-state index contributed by atoms with van der Waals surface area (Å²) in [5, 5.41) is 0. The van der Waals surface area contributed by atoms with E-state index in [0.717, 1.165) is 17.3 Å². The number of halogens is 3. The second-order valence-corrected chi connectivity index (χ2v) is 6.21. The maximum Gasteiger partial charge on any atom is 0.416 e. The van der Waals surface area contributed by atoms with Gasteiger partial charge in [-0.3, -0.25) is 9.78 Å². The quantitative estimate of drug-likeness (QED) is 0.815. The van der Waals surface area contributed by atoms with Gasteiger partial charge in [-0.25, -0.2) is 0 Å². The zero-order chi connectivity index (χ0) is 18.6. The van der Waals surface area contributed by atoms with Crippen LogP contribution in [0.25, 0.3) is 0 Å². The lowest BCUT2D eigenvalue weighted by Crippen LogP contribution is -2.37. The Kier molecular flexibility index (Phi) is 5.82. The van der Waals surface area contributed by atoms with Gasteiger partial charge in [-0.15, -0.1) is 0 Å². The average Bonchev–Trinajstić information content (AvgIpc) is 2.53. The topological polar surface area (TPSA) is 33.2 Å². The molecule has 6 heteroatoms. The van der Waals surface area contributed by atoms with Crippen molar-refractivity contribution < 1.29 is 18.0 Å². The van der Waals surface area contributed by atoms with Crippen LogP contribution in [0.2, 0.25) is 0 Å². The highest BCUT2D eigenvalue weighted by Gasteiger charge is 2.33. The summed E-state index contributed by atoms with van der Waals surface area (Å²) in [7, 11) is 1.61. The van der Waals surface area contributed by atoms with Gasteiger partial charge in [-0.1, -0.05) is 18.2 Å². The summed E-state index contributed by atoms with van der Waals surface area (Å²) in [6.07, 6.45) is -2.49. The zero-order valence-electron chi connectivity index (χ0n) is 14.5. The van der Waals surface area contributed by atoms with Gasteiger partial charge in [0.1, 0.15) is 0 Å². The summed E-state index contributed by atoms with van der Waals surface area (Å²) in [4.78, 5) is 18.2. The van der Waals surface area contributed by atoms with Gasteiger partial charge in [0.2, 0.25) is 5.91 Å². The molecule has 0 aliphatic heterocycles. The maximum atomic E-state index is 13.1. The summed E-state index contributed by atoms with van der Waals surface area (Å²) in [6.45, 7) is 3.82. The minimum atomic E-state index is -4.47. The SMILES string of the molecule is Cc1ccnc(C[C@@H](C)N(C)C(=O)Cc2ccccc2C(F)(F)F)c1. The first-order valence-electron chi connectivity index (χ1n) is 8.00. The van der Waals surface area contributed by atoms with Crippen LogP contribution >= 0.6 is 0 Å². The summed E-state index contributed by atoms with van der Waals surface area (Å²) < 4.78 is 39.2. The molecule has 1 heterocycles. The van der Waals surface area contributed by atoms with Crippen molar-refractivity contribution in [3.63, 3.8) is 0 Å². The normalized spacial score (nSPS) is 12.7. The van der Waals surface area contributed by atoms with Crippen molar-refractivity contribution in [2.45, 2.75) is 38.9 Å². The highest BCUT2D eigenvalue weighted by molar-refractivity contribution is 5.79. The molecule has 1 aromatic carbocycles. The lowest BCUT2D eigenvalue weighted by atomic mass is 10.0. The van der Waals surface area contributed by atoms with Crippen LogP contribution in [0.3, 0.4) is 0 Å². The number of aryl methyl sites for hydroxylation is 1. The van der Waals surface area contributed by atoms with E-state index in [-0.39, 0.29) is 23.9 Å². The van der Waals surface area contributed by atoms with E-state index in [1.165, 1.54) is 23.1 Å². The summed E-state index contributed by atoms with van der Waals surface area (Å²) in [5.41, 5.74) is 1.16. The van der Waals surface area contributed by atoms with Crippen molar-refractivity contribution in [3.8, 4) is 0 Å². The Hall–Kier alpha value is -2.37. The summed E-state index contributed by atoms with van der Waals surface area (Å²) >= 11 is 0. The van der Waals surface area contributed by atoms with Crippen molar-refractivity contribution >= 4 is 5.91 Å². The molecule has 1 atom stereocenters. The van der Waals surface area contributed by atoms with E-state index in [9.17, 15) is 18.0 Å². The second kappa shape index (κ2) is 7.68. The van der Waals surface area contributed by atoms with Crippen LogP contribution in [0.4, 0.5) is 13.2 Å². The number of alkyl halides is 3. The Morgan fingerprint density at radius 1 is 1.24 bits per heavy atom. The molecule has 1 amide bonds. The zero-order valence-corrected chi connectivity index (χ0v) is 14.5. The van der Waals surface area contributed by atoms with Crippen LogP contribution in [0, 0.1) is 6.92 Å². The van der Waals surface area contributed by atoms with Crippen molar-refractivity contribution in [2.75, 3.05) is 7.05 Å². The third-order valence-electron chi connectivity index (χ3n) is 4.20. The Balaban J connectivity index is 2.08. The monoisotopic (exact) mass is 350 g/mol. The standard InChI is InChI=1S/C19H21F3N2O/c1-13-8-9-23-16(10-13)11-14(2)24(3)18(25)12-15-6-4-5-7-17(15)19(20,21)22/h4-10,14H,11-12H2,1-3H3/t14-/m1/s1. The molecule has 0 saturated heterocycles. The van der Waals surface area contributed by atoms with Crippen LogP contribution < -0.4 is 0 Å². The molecule has 0 bridgehead atoms. The van der Waals surface area contributed by atoms with E-state index in [1.807, 2.05) is 26.0 Å². The molecule has 0 spiro atoms. The van der Waals surface area contributed by atoms with Gasteiger partial charge in [-0.05, 0) is 43.2 Å². The van der Waals surface area contributed by atoms with Crippen LogP contribution in [0.5, 0.6) is 0 Å². The Morgan fingerprint density at radius 3 is 2.56 bits per heavy atom. The minimum absolute atomic E-state index is 0.00673. The van der Waals surface area contributed by atoms with E-state index >= 15 is 0 Å². The molecular weight excluding hydrogens is 329 g/mol. The molecule has 3 nitrogen and oxygen atoms in total. The van der Waals surface area contributed by atoms with Gasteiger partial charge in [-0.2, -0.15) is 13.2 Å². The van der Waals surface area contributed by atoms with E-state index in [4.69, 9.17) is 0 Å². The predicted octanol–water partition coefficient (Wildman–Crippen LogP) is 4.04. The van der Waals surface area contributed by atoms with Crippen molar-refractivity contribution in [2.24, 2.45) is 0 Å². The minimum Gasteiger partial charge on any atom is -0.342 e. The number of carbonyl (C=O) groups excluding carboxylic acids is 1. The molecule has 0 fully saturated rings. The molecule has 1 aromatic heterocycles. The Bertz CT molecular complexity index is 743. The number of aromatic nitrogens is 1. The van der Waals surface area contributed by atoms with E-state index in [1.54, 1.807) is 13.2 Å². The molecule has 0 N–H and O–H groups in total. The number of nitrogens with zero attached hydrogens (tertiary/aromatic N) is 2. The molecule has 2 aromatic rings. The van der Waals surface area contributed by atoms with Gasteiger partial charge in [0.05, 0.1) is 12.0 Å². The molecule has 0 aliphatic carbocycles. The Morgan fingerprint density at radius 2 is 1.92 bits per heavy atom. The molecule has 2 rings (SSSR count). The highest BCUT2D eigenvalue weighted by atomic mass is 19.4. The fourth-order valence-corrected chi connectivity index (χ4v) is 2.63. The largest absolute Gasteiger partial charge is 0.416 e. The molecule has 0 aliphatic rings. The summed E-state index contributed by atoms with van der Waals surface area (Å²) in [5.74, 6) is -0.350. The van der Waals surface area contributed by atoms with Crippen molar-refractivity contribution in [1.82, 2.24) is 9.88 Å². The number of likely N-dealkylation sites (N-methyl/N-ethyl adjacent to an activating group) is 1. The van der Waals surface area contributed by atoms with Crippen molar-refractivity contribution in [3.05, 3.63) is 65.0 Å². The lowest BCUT2D eigenvalue weighted by molar-refractivity contribution is -0.138. The van der Waals surface area contributed by atoms with Gasteiger partial charge in [0.15, 0.2) is 0 Å². The third-order valence-corrected chi connectivity index (χ3v) is 4.20. The number of rotatable bonds is 5. The number of hydrogen-bond donors (Lipinski definition) is 0. The van der Waals surface area contributed by atoms with Gasteiger partial charge in [0.25, 0.3) is 0 Å². The molecule has 134 valence electrons. The molecule has 0 saturated carbocycles. The number of carbonyl (C=O) groups is 1. The Labute approximate surface area is 145 Å². The van der Waals surface area contributed by atoms with Crippen LogP contribution in [-0.2, 0) is 23.8 Å². The molecule has 0 unspecified atom stereocenters. The molecular formula is C19H21F3N2O. The third kappa shape index (κ3) is 5.05. The van der Waals surface area contributed by atoms with Crippen LogP contribution in [0.1, 0.15) is 29.3 Å². The smallest absolute Gasteiger partial charge is 0.342 e. The van der Waals surface area contributed by atoms with E-state index < -0.39 is 11.7 Å². The first-order valence-corrected chi connectivity index (χ1v) is 8.00. The fourth-order valence-electron chi connectivity index (χ4n) is 2.63. The van der Waals surface area contributed by atoms with Gasteiger partial charge < -0.3 is 4.90 Å². The average molecular weight is 350 g/mol. The van der Waals surface area contributed by atoms with Gasteiger partial charge in [0, 0.05) is 31.4 Å². The predicted molar refractivity (Wildman–Crippen MR) is 90.1 cm³/mol. The first kappa shape index (κ1) is 19.0. The van der Waals surface area contributed by atoms with Crippen LogP contribution in [0.15, 0.2) is 42.6 Å². The second-order valence-electron chi connectivity index (χ2n) is 6.21. The first-order chi connectivity index (χ1) is 11.7. The van der Waals surface area contributed by atoms with E-state index in [2.05, 4.69) is 4.98 Å². The molecule has 0 radical (unpaired) electrons. The highest BCUT2D eigenvalue weighted by Crippen LogP contribution is 2.32.